The molecular formula is C17H17N3O2S2. The van der Waals surface area contributed by atoms with Crippen molar-refractivity contribution in [3.8, 4) is 6.19 Å². The number of sulfone groups is 1. The number of aliphatic imine (C=N–C) groups is 1. The van der Waals surface area contributed by atoms with E-state index in [1.165, 1.54) is 11.8 Å². The molecule has 2 rings (SSSR count). The number of nitrogens with zero attached hydrogens (tertiary/aromatic N) is 2. The molecule has 0 atom stereocenters. The number of hydrogen-bond donors (Lipinski definition) is 1. The first-order chi connectivity index (χ1) is 11.5. The van der Waals surface area contributed by atoms with E-state index >= 15 is 0 Å². The van der Waals surface area contributed by atoms with Crippen molar-refractivity contribution < 1.29 is 8.42 Å². The predicted octanol–water partition coefficient (Wildman–Crippen LogP) is 3.26. The maximum atomic E-state index is 12.3. The second kappa shape index (κ2) is 8.52. The van der Waals surface area contributed by atoms with Crippen molar-refractivity contribution in [2.45, 2.75) is 11.8 Å². The van der Waals surface area contributed by atoms with Gasteiger partial charge in [0.25, 0.3) is 0 Å². The highest BCUT2D eigenvalue weighted by atomic mass is 32.2. The van der Waals surface area contributed by atoms with Gasteiger partial charge >= 0.3 is 0 Å². The fourth-order valence-electron chi connectivity index (χ4n) is 1.88. The van der Waals surface area contributed by atoms with E-state index in [0.717, 1.165) is 5.56 Å². The number of aryl methyl sites for hydroxylation is 1. The molecule has 0 aliphatic heterocycles. The van der Waals surface area contributed by atoms with Gasteiger partial charge in [-0.25, -0.2) is 13.4 Å². The van der Waals surface area contributed by atoms with Gasteiger partial charge in [0, 0.05) is 5.75 Å². The summed E-state index contributed by atoms with van der Waals surface area (Å²) in [5.41, 5.74) is 1.71. The minimum absolute atomic E-state index is 0.0261. The number of amidine groups is 1. The van der Waals surface area contributed by atoms with Gasteiger partial charge in [-0.05, 0) is 31.2 Å². The largest absolute Gasteiger partial charge is 0.271 e. The molecule has 124 valence electrons. The van der Waals surface area contributed by atoms with E-state index in [4.69, 9.17) is 5.26 Å². The molecule has 2 aromatic rings. The topological polar surface area (TPSA) is 82.3 Å². The van der Waals surface area contributed by atoms with Crippen LogP contribution in [0.3, 0.4) is 0 Å². The number of nitrogens with one attached hydrogen (secondary N) is 1. The second-order valence-electron chi connectivity index (χ2n) is 4.97. The average Bonchev–Trinajstić information content (AvgIpc) is 2.56. The highest BCUT2D eigenvalue weighted by Crippen LogP contribution is 2.16. The Kier molecular flexibility index (Phi) is 6.41. The number of rotatable bonds is 5. The molecule has 24 heavy (non-hydrogen) atoms. The number of thioether (sulfide) groups is 1. The summed E-state index contributed by atoms with van der Waals surface area (Å²) in [7, 11) is -3.35. The van der Waals surface area contributed by atoms with Crippen molar-refractivity contribution in [3.63, 3.8) is 0 Å². The van der Waals surface area contributed by atoms with Crippen LogP contribution in [0.15, 0.2) is 64.5 Å². The highest BCUT2D eigenvalue weighted by Gasteiger charge is 2.14. The second-order valence-corrected chi connectivity index (χ2v) is 8.16. The van der Waals surface area contributed by atoms with Crippen molar-refractivity contribution in [3.05, 3.63) is 60.2 Å². The van der Waals surface area contributed by atoms with Crippen LogP contribution in [0.5, 0.6) is 0 Å². The maximum absolute atomic E-state index is 12.3. The van der Waals surface area contributed by atoms with E-state index < -0.39 is 9.84 Å². The van der Waals surface area contributed by atoms with Crippen molar-refractivity contribution >= 4 is 32.5 Å². The quantitative estimate of drug-likeness (QED) is 0.383. The van der Waals surface area contributed by atoms with Crippen LogP contribution in [-0.4, -0.2) is 25.1 Å². The van der Waals surface area contributed by atoms with Gasteiger partial charge in [-0.15, -0.1) is 0 Å². The summed E-state index contributed by atoms with van der Waals surface area (Å²) in [6.45, 7) is 1.91. The van der Waals surface area contributed by atoms with E-state index in [1.807, 2.05) is 43.4 Å². The third-order valence-corrected chi connectivity index (χ3v) is 5.99. The summed E-state index contributed by atoms with van der Waals surface area (Å²) in [5, 5.41) is 11.7. The van der Waals surface area contributed by atoms with Crippen molar-refractivity contribution in [1.82, 2.24) is 5.32 Å². The first-order valence-corrected chi connectivity index (χ1v) is 9.86. The van der Waals surface area contributed by atoms with Crippen molar-refractivity contribution in [2.75, 3.05) is 11.5 Å². The average molecular weight is 359 g/mol. The minimum atomic E-state index is -3.35. The number of para-hydroxylation sites is 1. The lowest BCUT2D eigenvalue weighted by Crippen LogP contribution is -2.16. The first-order valence-electron chi connectivity index (χ1n) is 7.22. The number of hydrogen-bond acceptors (Lipinski definition) is 5. The molecule has 0 heterocycles. The zero-order chi connectivity index (χ0) is 17.4. The summed E-state index contributed by atoms with van der Waals surface area (Å²) < 4.78 is 24.6. The molecular weight excluding hydrogens is 342 g/mol. The Balaban J connectivity index is 2.01. The van der Waals surface area contributed by atoms with Gasteiger partial charge in [-0.2, -0.15) is 5.26 Å². The molecule has 0 aromatic heterocycles. The molecule has 1 N–H and O–H groups in total. The molecule has 7 heteroatoms. The zero-order valence-corrected chi connectivity index (χ0v) is 14.8. The van der Waals surface area contributed by atoms with Crippen LogP contribution in [-0.2, 0) is 9.84 Å². The van der Waals surface area contributed by atoms with Crippen LogP contribution in [0, 0.1) is 18.4 Å². The third-order valence-electron chi connectivity index (χ3n) is 3.12. The molecule has 5 nitrogen and oxygen atoms in total. The van der Waals surface area contributed by atoms with Gasteiger partial charge < -0.3 is 0 Å². The molecule has 0 saturated heterocycles. The van der Waals surface area contributed by atoms with Gasteiger partial charge in [0.05, 0.1) is 16.3 Å². The van der Waals surface area contributed by atoms with E-state index in [0.29, 0.717) is 21.5 Å². The summed E-state index contributed by atoms with van der Waals surface area (Å²) in [4.78, 5) is 4.61. The molecule has 0 fully saturated rings. The number of nitriles is 1. The summed E-state index contributed by atoms with van der Waals surface area (Å²) >= 11 is 1.20. The SMILES string of the molecule is Cc1ccc(S(=O)(=O)CCSC(=Nc2ccccc2)NC#N)cc1. The van der Waals surface area contributed by atoms with Crippen LogP contribution < -0.4 is 5.32 Å². The van der Waals surface area contributed by atoms with E-state index in [-0.39, 0.29) is 5.75 Å². The molecule has 0 aliphatic carbocycles. The Morgan fingerprint density at radius 3 is 2.46 bits per heavy atom. The first kappa shape index (κ1) is 18.0. The normalized spacial score (nSPS) is 11.8. The molecule has 0 bridgehead atoms. The lowest BCUT2D eigenvalue weighted by Gasteiger charge is -2.06. The smallest absolute Gasteiger partial charge is 0.183 e. The Morgan fingerprint density at radius 1 is 1.17 bits per heavy atom. The van der Waals surface area contributed by atoms with Crippen LogP contribution in [0.25, 0.3) is 0 Å². The summed E-state index contributed by atoms with van der Waals surface area (Å²) in [6, 6.07) is 16.0. The molecule has 0 amide bonds. The lowest BCUT2D eigenvalue weighted by molar-refractivity contribution is 0.597. The van der Waals surface area contributed by atoms with E-state index in [9.17, 15) is 8.42 Å². The Labute approximate surface area is 146 Å². The molecule has 0 spiro atoms. The van der Waals surface area contributed by atoms with Crippen LogP contribution >= 0.6 is 11.8 Å². The Hall–Kier alpha value is -2.30. The molecule has 0 radical (unpaired) electrons. The fraction of sp³-hybridized carbons (Fsp3) is 0.176. The molecule has 0 unspecified atom stereocenters. The molecule has 0 aliphatic rings. The third kappa shape index (κ3) is 5.41. The number of benzene rings is 2. The van der Waals surface area contributed by atoms with E-state index in [1.54, 1.807) is 24.3 Å². The Bertz CT molecular complexity index is 840. The fourth-order valence-corrected chi connectivity index (χ4v) is 4.35. The summed E-state index contributed by atoms with van der Waals surface area (Å²) in [5.74, 6) is 0.276. The molecule has 0 saturated carbocycles. The lowest BCUT2D eigenvalue weighted by atomic mass is 10.2. The van der Waals surface area contributed by atoms with Gasteiger partial charge in [-0.3, -0.25) is 5.32 Å². The predicted molar refractivity (Wildman–Crippen MR) is 98.0 cm³/mol. The van der Waals surface area contributed by atoms with Crippen molar-refractivity contribution in [2.24, 2.45) is 4.99 Å². The summed E-state index contributed by atoms with van der Waals surface area (Å²) in [6.07, 6.45) is 1.82. The van der Waals surface area contributed by atoms with Crippen LogP contribution in [0.2, 0.25) is 0 Å². The van der Waals surface area contributed by atoms with E-state index in [2.05, 4.69) is 10.3 Å². The molecule has 2 aromatic carbocycles. The van der Waals surface area contributed by atoms with Gasteiger partial charge in [-0.1, -0.05) is 47.7 Å². The minimum Gasteiger partial charge on any atom is -0.271 e. The maximum Gasteiger partial charge on any atom is 0.183 e. The van der Waals surface area contributed by atoms with Gasteiger partial charge in [0.2, 0.25) is 0 Å². The van der Waals surface area contributed by atoms with Crippen LogP contribution in [0.1, 0.15) is 5.56 Å². The highest BCUT2D eigenvalue weighted by molar-refractivity contribution is 8.14. The van der Waals surface area contributed by atoms with Crippen molar-refractivity contribution in [1.29, 1.82) is 5.26 Å². The van der Waals surface area contributed by atoms with Gasteiger partial charge in [0.1, 0.15) is 0 Å². The van der Waals surface area contributed by atoms with Gasteiger partial charge in [0.15, 0.2) is 21.2 Å². The zero-order valence-electron chi connectivity index (χ0n) is 13.1. The van der Waals surface area contributed by atoms with Crippen LogP contribution in [0.4, 0.5) is 5.69 Å². The standard InChI is InChI=1S/C17H17N3O2S2/c1-14-7-9-16(10-8-14)24(21,22)12-11-23-17(19-13-18)20-15-5-3-2-4-6-15/h2-10H,11-12H2,1H3,(H,19,20). The Morgan fingerprint density at radius 2 is 1.83 bits per heavy atom. The monoisotopic (exact) mass is 359 g/mol.